The lowest BCUT2D eigenvalue weighted by Gasteiger charge is -2.42. The van der Waals surface area contributed by atoms with Crippen LogP contribution >= 0.6 is 0 Å². The molecule has 0 unspecified atom stereocenters. The van der Waals surface area contributed by atoms with Gasteiger partial charge in [-0.2, -0.15) is 0 Å². The predicted molar refractivity (Wildman–Crippen MR) is 105 cm³/mol. The largest absolute Gasteiger partial charge is 0.470 e. The monoisotopic (exact) mass is 394 g/mol. The zero-order valence-corrected chi connectivity index (χ0v) is 20.2. The Morgan fingerprint density at radius 3 is 1.43 bits per heavy atom. The molecule has 0 aromatic rings. The number of esters is 1. The molecule has 0 spiro atoms. The van der Waals surface area contributed by atoms with Crippen molar-refractivity contribution in [3.63, 3.8) is 0 Å². The SMILES string of the molecule is C=COC(=O)CC[Si](O[Si](C)(C)C)(O[Si](C)(C)C)O[Si](C)(C)C. The van der Waals surface area contributed by atoms with Crippen molar-refractivity contribution in [2.24, 2.45) is 0 Å². The van der Waals surface area contributed by atoms with Crippen LogP contribution in [0.3, 0.4) is 0 Å². The standard InChI is InChI=1S/C14H34O5Si4/c1-11-16-14(15)12-13-23(17-20(2,3)4,18-21(5,6)7)19-22(8,9)10/h11H,1,12-13H2,2-10H3. The maximum absolute atomic E-state index is 11.8. The fraction of sp³-hybridized carbons (Fsp3) is 0.786. The molecule has 0 bridgehead atoms. The summed E-state index contributed by atoms with van der Waals surface area (Å²) in [5.74, 6) is -0.325. The van der Waals surface area contributed by atoms with Crippen LogP contribution in [-0.4, -0.2) is 39.7 Å². The average molecular weight is 395 g/mol. The smallest absolute Gasteiger partial charge is 0.435 e. The molecule has 0 aliphatic carbocycles. The molecule has 0 N–H and O–H groups in total. The minimum absolute atomic E-state index is 0.220. The van der Waals surface area contributed by atoms with Crippen LogP contribution in [0.15, 0.2) is 12.8 Å². The molecule has 0 aliphatic rings. The lowest BCUT2D eigenvalue weighted by molar-refractivity contribution is -0.137. The molecule has 0 saturated carbocycles. The van der Waals surface area contributed by atoms with E-state index in [2.05, 4.69) is 65.5 Å². The van der Waals surface area contributed by atoms with Crippen LogP contribution in [0.25, 0.3) is 0 Å². The maximum atomic E-state index is 11.8. The molecule has 0 heterocycles. The van der Waals surface area contributed by atoms with Gasteiger partial charge in [-0.15, -0.1) is 0 Å². The third-order valence-electron chi connectivity index (χ3n) is 2.24. The van der Waals surface area contributed by atoms with Crippen LogP contribution in [0.1, 0.15) is 6.42 Å². The van der Waals surface area contributed by atoms with Crippen molar-refractivity contribution in [3.05, 3.63) is 12.8 Å². The molecule has 0 aromatic heterocycles. The molecule has 9 heteroatoms. The number of ether oxygens (including phenoxy) is 1. The number of hydrogen-bond donors (Lipinski definition) is 0. The van der Waals surface area contributed by atoms with E-state index in [4.69, 9.17) is 17.1 Å². The second-order valence-electron chi connectivity index (χ2n) is 8.48. The summed E-state index contributed by atoms with van der Waals surface area (Å²) in [7, 11) is -8.64. The first-order chi connectivity index (χ1) is 10.1. The summed E-state index contributed by atoms with van der Waals surface area (Å²) in [6, 6.07) is 0.457. The molecule has 5 nitrogen and oxygen atoms in total. The van der Waals surface area contributed by atoms with Crippen LogP contribution in [0, 0.1) is 0 Å². The van der Waals surface area contributed by atoms with E-state index in [-0.39, 0.29) is 12.4 Å². The van der Waals surface area contributed by atoms with Gasteiger partial charge in [0.05, 0.1) is 12.7 Å². The van der Waals surface area contributed by atoms with Gasteiger partial charge in [-0.3, -0.25) is 4.79 Å². The molecule has 136 valence electrons. The lowest BCUT2D eigenvalue weighted by atomic mass is 10.5. The van der Waals surface area contributed by atoms with Gasteiger partial charge in [-0.1, -0.05) is 6.58 Å². The molecular weight excluding hydrogens is 360 g/mol. The Labute approximate surface area is 146 Å². The zero-order chi connectivity index (χ0) is 18.5. The molecular formula is C14H34O5Si4. The van der Waals surface area contributed by atoms with Crippen molar-refractivity contribution in [2.75, 3.05) is 0 Å². The van der Waals surface area contributed by atoms with Gasteiger partial charge in [-0.25, -0.2) is 0 Å². The van der Waals surface area contributed by atoms with Crippen LogP contribution < -0.4 is 0 Å². The molecule has 0 amide bonds. The van der Waals surface area contributed by atoms with E-state index in [1.807, 2.05) is 0 Å². The highest BCUT2D eigenvalue weighted by Crippen LogP contribution is 2.30. The number of rotatable bonds is 10. The lowest BCUT2D eigenvalue weighted by Crippen LogP contribution is -2.60. The second kappa shape index (κ2) is 8.36. The van der Waals surface area contributed by atoms with Crippen molar-refractivity contribution in [1.82, 2.24) is 0 Å². The van der Waals surface area contributed by atoms with Crippen molar-refractivity contribution >= 4 is 39.7 Å². The average Bonchev–Trinajstić information content (AvgIpc) is 2.19. The maximum Gasteiger partial charge on any atom is 0.470 e. The van der Waals surface area contributed by atoms with Gasteiger partial charge in [0.2, 0.25) is 0 Å². The normalized spacial score (nSPS) is 13.8. The van der Waals surface area contributed by atoms with Gasteiger partial charge >= 0.3 is 14.8 Å². The Bertz CT molecular complexity index is 366. The fourth-order valence-electron chi connectivity index (χ4n) is 2.02. The summed E-state index contributed by atoms with van der Waals surface area (Å²) < 4.78 is 24.3. The topological polar surface area (TPSA) is 54.0 Å². The van der Waals surface area contributed by atoms with Gasteiger partial charge in [0, 0.05) is 6.04 Å². The van der Waals surface area contributed by atoms with Crippen LogP contribution in [0.5, 0.6) is 0 Å². The van der Waals surface area contributed by atoms with Crippen molar-refractivity contribution in [1.29, 1.82) is 0 Å². The Morgan fingerprint density at radius 2 is 1.17 bits per heavy atom. The van der Waals surface area contributed by atoms with Crippen molar-refractivity contribution < 1.29 is 21.9 Å². The molecule has 0 atom stereocenters. The Balaban J connectivity index is 5.53. The van der Waals surface area contributed by atoms with Crippen LogP contribution in [0.4, 0.5) is 0 Å². The summed E-state index contributed by atoms with van der Waals surface area (Å²) in [5.41, 5.74) is 0. The quantitative estimate of drug-likeness (QED) is 0.309. The van der Waals surface area contributed by atoms with E-state index in [9.17, 15) is 4.79 Å². The molecule has 0 saturated heterocycles. The first-order valence-corrected chi connectivity index (χ1v) is 20.1. The van der Waals surface area contributed by atoms with Gasteiger partial charge < -0.3 is 17.1 Å². The van der Waals surface area contributed by atoms with E-state index < -0.39 is 33.8 Å². The third kappa shape index (κ3) is 12.0. The van der Waals surface area contributed by atoms with Gasteiger partial charge in [0.15, 0.2) is 25.0 Å². The summed E-state index contributed by atoms with van der Waals surface area (Å²) in [5, 5.41) is 0. The molecule has 0 radical (unpaired) electrons. The summed E-state index contributed by atoms with van der Waals surface area (Å²) >= 11 is 0. The van der Waals surface area contributed by atoms with E-state index in [1.54, 1.807) is 0 Å². The van der Waals surface area contributed by atoms with E-state index >= 15 is 0 Å². The fourth-order valence-corrected chi connectivity index (χ4v) is 16.6. The molecule has 0 aliphatic heterocycles. The molecule has 0 rings (SSSR count). The Kier molecular flexibility index (Phi) is 8.35. The van der Waals surface area contributed by atoms with Gasteiger partial charge in [0.1, 0.15) is 0 Å². The minimum atomic E-state index is -2.94. The first-order valence-electron chi connectivity index (χ1n) is 7.98. The summed E-state index contributed by atoms with van der Waals surface area (Å²) in [6.07, 6.45) is 1.38. The second-order valence-corrected chi connectivity index (χ2v) is 25.5. The number of hydrogen-bond acceptors (Lipinski definition) is 5. The van der Waals surface area contributed by atoms with Crippen LogP contribution in [-0.2, 0) is 21.9 Å². The Morgan fingerprint density at radius 1 is 0.826 bits per heavy atom. The minimum Gasteiger partial charge on any atom is -0.435 e. The van der Waals surface area contributed by atoms with E-state index in [1.165, 1.54) is 0 Å². The van der Waals surface area contributed by atoms with Gasteiger partial charge in [-0.05, 0) is 58.9 Å². The molecule has 0 aromatic carbocycles. The molecule has 23 heavy (non-hydrogen) atoms. The highest BCUT2D eigenvalue weighted by atomic mass is 28.5. The summed E-state index contributed by atoms with van der Waals surface area (Å²) in [6.45, 7) is 22.5. The third-order valence-corrected chi connectivity index (χ3v) is 14.2. The Hall–Kier alpha value is -0.0425. The number of carbonyl (C=O) groups excluding carboxylic acids is 1. The van der Waals surface area contributed by atoms with Crippen molar-refractivity contribution in [3.8, 4) is 0 Å². The number of carbonyl (C=O) groups is 1. The van der Waals surface area contributed by atoms with E-state index in [0.717, 1.165) is 6.26 Å². The highest BCUT2D eigenvalue weighted by molar-refractivity contribution is 6.90. The van der Waals surface area contributed by atoms with Gasteiger partial charge in [0.25, 0.3) is 0 Å². The van der Waals surface area contributed by atoms with E-state index in [0.29, 0.717) is 6.04 Å². The van der Waals surface area contributed by atoms with Crippen molar-refractivity contribution in [2.45, 2.75) is 71.4 Å². The zero-order valence-electron chi connectivity index (χ0n) is 16.2. The highest BCUT2D eigenvalue weighted by Gasteiger charge is 2.50. The predicted octanol–water partition coefficient (Wildman–Crippen LogP) is 4.56. The summed E-state index contributed by atoms with van der Waals surface area (Å²) in [4.78, 5) is 11.8. The van der Waals surface area contributed by atoms with Crippen LogP contribution in [0.2, 0.25) is 65.0 Å². The first kappa shape index (κ1) is 23.0. The molecule has 0 fully saturated rings.